The summed E-state index contributed by atoms with van der Waals surface area (Å²) in [5, 5.41) is 21.7. The van der Waals surface area contributed by atoms with E-state index in [0.717, 1.165) is 31.6 Å². The fraction of sp³-hybridized carbons (Fsp3) is 0.647. The molecule has 0 saturated carbocycles. The number of nitrogens with zero attached hydrogens (tertiary/aromatic N) is 1. The molecule has 11 heteroatoms. The van der Waals surface area contributed by atoms with Crippen LogP contribution in [0.15, 0.2) is 60.7 Å². The van der Waals surface area contributed by atoms with Crippen LogP contribution in [0.5, 0.6) is 0 Å². The summed E-state index contributed by atoms with van der Waals surface area (Å²) in [6.45, 7) is 8.09. The van der Waals surface area contributed by atoms with E-state index in [1.807, 2.05) is 36.4 Å². The number of aliphatic hydroxyl groups excluding tert-OH is 2. The first-order valence-corrected chi connectivity index (χ1v) is 16.0. The van der Waals surface area contributed by atoms with Gasteiger partial charge in [-0.2, -0.15) is 0 Å². The van der Waals surface area contributed by atoms with Crippen LogP contribution in [-0.2, 0) is 50.9 Å². The molecule has 3 saturated heterocycles. The minimum Gasteiger partial charge on any atom is -0.394 e. The van der Waals surface area contributed by atoms with E-state index in [1.165, 1.54) is 5.56 Å². The highest BCUT2D eigenvalue weighted by Crippen LogP contribution is 2.47. The van der Waals surface area contributed by atoms with Crippen molar-refractivity contribution in [3.63, 3.8) is 0 Å². The Labute approximate surface area is 266 Å². The number of fused-ring (bicyclic) bond motifs is 1. The van der Waals surface area contributed by atoms with Crippen LogP contribution in [0.1, 0.15) is 25.0 Å². The third-order valence-electron chi connectivity index (χ3n) is 8.47. The largest absolute Gasteiger partial charge is 0.394 e. The normalized spacial score (nSPS) is 31.1. The number of hydrogen-bond donors (Lipinski definition) is 2. The summed E-state index contributed by atoms with van der Waals surface area (Å²) < 4.78 is 49.6. The van der Waals surface area contributed by atoms with Gasteiger partial charge in [-0.1, -0.05) is 60.7 Å². The van der Waals surface area contributed by atoms with E-state index in [4.69, 9.17) is 37.9 Å². The summed E-state index contributed by atoms with van der Waals surface area (Å²) in [4.78, 5) is 2.34. The highest BCUT2D eigenvalue weighted by molar-refractivity contribution is 5.16. The van der Waals surface area contributed by atoms with Gasteiger partial charge in [0.05, 0.1) is 59.5 Å². The Kier molecular flexibility index (Phi) is 12.8. The highest BCUT2D eigenvalue weighted by Gasteiger charge is 2.68. The SMILES string of the molecule is CC1(C)O[C@H]2O[C@](C3COCCOCCN(CCc4ccccc4)CCOCCO3)([C@H](O)CO)[C@H](OCc3ccccc3)[C@H]2O1. The van der Waals surface area contributed by atoms with Crippen molar-refractivity contribution in [2.75, 3.05) is 72.5 Å². The number of ether oxygens (including phenoxy) is 8. The highest BCUT2D eigenvalue weighted by atomic mass is 16.9. The van der Waals surface area contributed by atoms with E-state index in [2.05, 4.69) is 29.2 Å². The van der Waals surface area contributed by atoms with Crippen molar-refractivity contribution < 1.29 is 48.1 Å². The standard InChI is InChI=1S/C34H49NO10/c1-33(2)43-30-31(42-24-27-11-7-4-8-12-27)34(28(37)23-36,45-32(30)44-33)29-25-40-20-19-38-17-15-35(16-18-39-21-22-41-29)14-13-26-9-5-3-6-10-26/h3-12,28-32,36-37H,13-25H2,1-2H3/t28-,29?,30-,31-,32+,34+/m1/s1. The van der Waals surface area contributed by atoms with Gasteiger partial charge in [-0.3, -0.25) is 4.90 Å². The van der Waals surface area contributed by atoms with E-state index >= 15 is 0 Å². The lowest BCUT2D eigenvalue weighted by Crippen LogP contribution is -2.64. The second-order valence-corrected chi connectivity index (χ2v) is 12.1. The minimum absolute atomic E-state index is 0.0532. The van der Waals surface area contributed by atoms with E-state index < -0.39 is 48.7 Å². The lowest BCUT2D eigenvalue weighted by atomic mass is 9.83. The third kappa shape index (κ3) is 9.09. The molecular weight excluding hydrogens is 582 g/mol. The van der Waals surface area contributed by atoms with Crippen molar-refractivity contribution in [2.24, 2.45) is 0 Å². The quantitative estimate of drug-likeness (QED) is 0.424. The van der Waals surface area contributed by atoms with Gasteiger partial charge in [0.2, 0.25) is 0 Å². The summed E-state index contributed by atoms with van der Waals surface area (Å²) >= 11 is 0. The molecular formula is C34H49NO10. The van der Waals surface area contributed by atoms with Crippen LogP contribution in [0.3, 0.4) is 0 Å². The average Bonchev–Trinajstić information content (AvgIpc) is 3.50. The van der Waals surface area contributed by atoms with Gasteiger partial charge < -0.3 is 48.1 Å². The van der Waals surface area contributed by atoms with Crippen molar-refractivity contribution in [1.29, 1.82) is 0 Å². The Morgan fingerprint density at radius 3 is 2.16 bits per heavy atom. The Hall–Kier alpha value is -2.00. The lowest BCUT2D eigenvalue weighted by molar-refractivity contribution is -0.298. The molecule has 0 bridgehead atoms. The number of rotatable bonds is 9. The summed E-state index contributed by atoms with van der Waals surface area (Å²) in [5.74, 6) is -0.917. The first-order valence-electron chi connectivity index (χ1n) is 16.0. The molecule has 1 unspecified atom stereocenters. The lowest BCUT2D eigenvalue weighted by Gasteiger charge is -2.44. The molecule has 11 nitrogen and oxygen atoms in total. The topological polar surface area (TPSA) is 118 Å². The summed E-state index contributed by atoms with van der Waals surface area (Å²) in [6.07, 6.45) is -3.65. The van der Waals surface area contributed by atoms with Gasteiger partial charge >= 0.3 is 0 Å². The predicted octanol–water partition coefficient (Wildman–Crippen LogP) is 2.16. The molecule has 45 heavy (non-hydrogen) atoms. The average molecular weight is 632 g/mol. The van der Waals surface area contributed by atoms with Crippen molar-refractivity contribution in [3.05, 3.63) is 71.8 Å². The fourth-order valence-corrected chi connectivity index (χ4v) is 6.17. The van der Waals surface area contributed by atoms with Crippen molar-refractivity contribution in [3.8, 4) is 0 Å². The second-order valence-electron chi connectivity index (χ2n) is 12.1. The smallest absolute Gasteiger partial charge is 0.190 e. The van der Waals surface area contributed by atoms with Crippen LogP contribution in [-0.4, -0.2) is 130 Å². The van der Waals surface area contributed by atoms with Gasteiger partial charge in [-0.05, 0) is 31.4 Å². The van der Waals surface area contributed by atoms with E-state index in [-0.39, 0.29) is 19.8 Å². The van der Waals surface area contributed by atoms with Gasteiger partial charge in [0.1, 0.15) is 24.4 Å². The molecule has 0 aromatic heterocycles. The van der Waals surface area contributed by atoms with Crippen LogP contribution in [0.4, 0.5) is 0 Å². The first-order chi connectivity index (χ1) is 21.9. The van der Waals surface area contributed by atoms with Crippen LogP contribution in [0.2, 0.25) is 0 Å². The Morgan fingerprint density at radius 1 is 0.822 bits per heavy atom. The molecule has 2 aromatic rings. The maximum atomic E-state index is 11.4. The van der Waals surface area contributed by atoms with E-state index in [1.54, 1.807) is 13.8 Å². The Balaban J connectivity index is 1.28. The summed E-state index contributed by atoms with van der Waals surface area (Å²) in [6, 6.07) is 20.1. The Morgan fingerprint density at radius 2 is 1.47 bits per heavy atom. The van der Waals surface area contributed by atoms with Crippen molar-refractivity contribution >= 4 is 0 Å². The van der Waals surface area contributed by atoms with Crippen molar-refractivity contribution in [2.45, 2.75) is 69.0 Å². The van der Waals surface area contributed by atoms with Gasteiger partial charge in [0.25, 0.3) is 0 Å². The molecule has 5 rings (SSSR count). The van der Waals surface area contributed by atoms with Gasteiger partial charge in [-0.25, -0.2) is 0 Å². The minimum atomic E-state index is -1.56. The van der Waals surface area contributed by atoms with E-state index in [0.29, 0.717) is 33.0 Å². The number of hydrogen-bond acceptors (Lipinski definition) is 11. The molecule has 0 radical (unpaired) electrons. The van der Waals surface area contributed by atoms with Crippen molar-refractivity contribution in [1.82, 2.24) is 4.90 Å². The fourth-order valence-electron chi connectivity index (χ4n) is 6.17. The molecule has 0 amide bonds. The molecule has 0 spiro atoms. The molecule has 2 aromatic carbocycles. The Bertz CT molecular complexity index is 1120. The molecule has 6 atom stereocenters. The van der Waals surface area contributed by atoms with E-state index in [9.17, 15) is 10.2 Å². The molecule has 3 aliphatic heterocycles. The van der Waals surface area contributed by atoms with Crippen LogP contribution >= 0.6 is 0 Å². The van der Waals surface area contributed by atoms with Gasteiger partial charge in [-0.15, -0.1) is 0 Å². The first kappa shape index (κ1) is 34.3. The van der Waals surface area contributed by atoms with Crippen LogP contribution < -0.4 is 0 Å². The molecule has 3 aliphatic rings. The van der Waals surface area contributed by atoms with Gasteiger partial charge in [0.15, 0.2) is 17.7 Å². The maximum absolute atomic E-state index is 11.4. The molecule has 3 fully saturated rings. The summed E-state index contributed by atoms with van der Waals surface area (Å²) in [5.41, 5.74) is 0.679. The predicted molar refractivity (Wildman–Crippen MR) is 165 cm³/mol. The van der Waals surface area contributed by atoms with Crippen LogP contribution in [0, 0.1) is 0 Å². The van der Waals surface area contributed by atoms with Gasteiger partial charge in [0, 0.05) is 19.6 Å². The molecule has 0 aliphatic carbocycles. The summed E-state index contributed by atoms with van der Waals surface area (Å²) in [7, 11) is 0. The third-order valence-corrected chi connectivity index (χ3v) is 8.47. The molecule has 250 valence electrons. The zero-order chi connectivity index (χ0) is 31.5. The molecule has 2 N–H and O–H groups in total. The zero-order valence-corrected chi connectivity index (χ0v) is 26.5. The monoisotopic (exact) mass is 631 g/mol. The second kappa shape index (κ2) is 16.7. The zero-order valence-electron chi connectivity index (χ0n) is 26.5. The number of benzene rings is 2. The maximum Gasteiger partial charge on any atom is 0.190 e. The molecule has 3 heterocycles. The van der Waals surface area contributed by atoms with Crippen LogP contribution in [0.25, 0.3) is 0 Å². The number of aliphatic hydroxyl groups is 2.